The van der Waals surface area contributed by atoms with Crippen LogP contribution in [0.4, 0.5) is 0 Å². The number of hydrogen-bond donors (Lipinski definition) is 2. The fourth-order valence-electron chi connectivity index (χ4n) is 2.69. The van der Waals surface area contributed by atoms with Gasteiger partial charge >= 0.3 is 0 Å². The molecule has 16 heavy (non-hydrogen) atoms. The van der Waals surface area contributed by atoms with Crippen molar-refractivity contribution in [3.63, 3.8) is 0 Å². The van der Waals surface area contributed by atoms with Crippen LogP contribution in [0.3, 0.4) is 0 Å². The number of amides is 1. The van der Waals surface area contributed by atoms with E-state index in [9.17, 15) is 4.79 Å². The number of rotatable bonds is 4. The molecule has 1 atom stereocenters. The first-order valence-electron chi connectivity index (χ1n) is 6.35. The fourth-order valence-corrected chi connectivity index (χ4v) is 2.69. The maximum atomic E-state index is 12.0. The van der Waals surface area contributed by atoms with E-state index in [1.54, 1.807) is 0 Å². The summed E-state index contributed by atoms with van der Waals surface area (Å²) in [4.78, 5) is 12.0. The fraction of sp³-hybridized carbons (Fsp3) is 0.917. The molecule has 3 aliphatic rings. The van der Waals surface area contributed by atoms with Gasteiger partial charge in [0.25, 0.3) is 0 Å². The predicted octanol–water partition coefficient (Wildman–Crippen LogP) is 1.32. The molecule has 0 spiro atoms. The molecular formula is C12H21ClN2O. The SMILES string of the molecule is Cl.O=C(NC(C1CC1)C1CC1)[C@H]1CCNC1. The highest BCUT2D eigenvalue weighted by molar-refractivity contribution is 5.85. The van der Waals surface area contributed by atoms with E-state index in [0.29, 0.717) is 11.9 Å². The van der Waals surface area contributed by atoms with Crippen molar-refractivity contribution in [3.05, 3.63) is 0 Å². The standard InChI is InChI=1S/C12H20N2O.ClH/c15-12(10-5-6-13-7-10)14-11(8-1-2-8)9-3-4-9;/h8-11,13H,1-7H2,(H,14,15);1H/t10-;/m0./s1. The Morgan fingerprint density at radius 3 is 2.19 bits per heavy atom. The molecule has 3 fully saturated rings. The summed E-state index contributed by atoms with van der Waals surface area (Å²) in [6, 6.07) is 0.526. The van der Waals surface area contributed by atoms with E-state index < -0.39 is 0 Å². The lowest BCUT2D eigenvalue weighted by Gasteiger charge is -2.19. The van der Waals surface area contributed by atoms with Gasteiger partial charge < -0.3 is 10.6 Å². The van der Waals surface area contributed by atoms with Crippen LogP contribution in [0.25, 0.3) is 0 Å². The van der Waals surface area contributed by atoms with Gasteiger partial charge in [0.2, 0.25) is 5.91 Å². The minimum absolute atomic E-state index is 0. The number of nitrogens with one attached hydrogen (secondary N) is 2. The summed E-state index contributed by atoms with van der Waals surface area (Å²) >= 11 is 0. The summed E-state index contributed by atoms with van der Waals surface area (Å²) in [5.74, 6) is 2.18. The van der Waals surface area contributed by atoms with Crippen molar-refractivity contribution in [1.82, 2.24) is 10.6 Å². The van der Waals surface area contributed by atoms with Gasteiger partial charge in [0.1, 0.15) is 0 Å². The highest BCUT2D eigenvalue weighted by Crippen LogP contribution is 2.44. The maximum Gasteiger partial charge on any atom is 0.224 e. The Kier molecular flexibility index (Phi) is 3.75. The molecule has 0 radical (unpaired) electrons. The van der Waals surface area contributed by atoms with Crippen LogP contribution in [-0.2, 0) is 4.79 Å². The Bertz CT molecular complexity index is 246. The average molecular weight is 245 g/mol. The predicted molar refractivity (Wildman–Crippen MR) is 65.6 cm³/mol. The Labute approximate surface area is 103 Å². The van der Waals surface area contributed by atoms with Crippen LogP contribution in [0.5, 0.6) is 0 Å². The zero-order chi connectivity index (χ0) is 10.3. The first-order chi connectivity index (χ1) is 7.34. The zero-order valence-electron chi connectivity index (χ0n) is 9.58. The van der Waals surface area contributed by atoms with Crippen LogP contribution in [0.2, 0.25) is 0 Å². The van der Waals surface area contributed by atoms with Gasteiger partial charge in [-0.15, -0.1) is 12.4 Å². The quantitative estimate of drug-likeness (QED) is 0.783. The largest absolute Gasteiger partial charge is 0.353 e. The molecule has 2 aliphatic carbocycles. The van der Waals surface area contributed by atoms with Crippen molar-refractivity contribution in [1.29, 1.82) is 0 Å². The third kappa shape index (κ3) is 2.69. The molecule has 3 rings (SSSR count). The third-order valence-corrected chi connectivity index (χ3v) is 4.00. The van der Waals surface area contributed by atoms with Crippen molar-refractivity contribution in [2.45, 2.75) is 38.1 Å². The van der Waals surface area contributed by atoms with E-state index in [2.05, 4.69) is 10.6 Å². The maximum absolute atomic E-state index is 12.0. The van der Waals surface area contributed by atoms with Crippen LogP contribution < -0.4 is 10.6 Å². The van der Waals surface area contributed by atoms with Crippen LogP contribution in [-0.4, -0.2) is 25.0 Å². The molecule has 0 aromatic rings. The van der Waals surface area contributed by atoms with Crippen molar-refractivity contribution in [2.75, 3.05) is 13.1 Å². The molecule has 0 aromatic heterocycles. The molecule has 0 bridgehead atoms. The van der Waals surface area contributed by atoms with Crippen LogP contribution in [0, 0.1) is 17.8 Å². The monoisotopic (exact) mass is 244 g/mol. The highest BCUT2D eigenvalue weighted by atomic mass is 35.5. The Hall–Kier alpha value is -0.280. The van der Waals surface area contributed by atoms with Crippen molar-refractivity contribution >= 4 is 18.3 Å². The van der Waals surface area contributed by atoms with Gasteiger partial charge in [-0.05, 0) is 50.5 Å². The summed E-state index contributed by atoms with van der Waals surface area (Å²) in [6.45, 7) is 1.89. The molecule has 0 unspecified atom stereocenters. The number of carbonyl (C=O) groups is 1. The molecule has 1 saturated heterocycles. The number of halogens is 1. The van der Waals surface area contributed by atoms with Crippen LogP contribution in [0.15, 0.2) is 0 Å². The van der Waals surface area contributed by atoms with E-state index in [1.165, 1.54) is 25.7 Å². The first kappa shape index (κ1) is 12.2. The van der Waals surface area contributed by atoms with E-state index in [-0.39, 0.29) is 18.3 Å². The molecule has 1 amide bonds. The van der Waals surface area contributed by atoms with Gasteiger partial charge in [-0.1, -0.05) is 0 Å². The van der Waals surface area contributed by atoms with E-state index in [1.807, 2.05) is 0 Å². The number of carbonyl (C=O) groups excluding carboxylic acids is 1. The first-order valence-corrected chi connectivity index (χ1v) is 6.35. The van der Waals surface area contributed by atoms with E-state index in [4.69, 9.17) is 0 Å². The second kappa shape index (κ2) is 4.92. The van der Waals surface area contributed by atoms with Gasteiger partial charge in [-0.3, -0.25) is 4.79 Å². The minimum Gasteiger partial charge on any atom is -0.353 e. The normalized spacial score (nSPS) is 28.9. The lowest BCUT2D eigenvalue weighted by molar-refractivity contribution is -0.125. The number of hydrogen-bond acceptors (Lipinski definition) is 2. The second-order valence-corrected chi connectivity index (χ2v) is 5.40. The smallest absolute Gasteiger partial charge is 0.224 e. The van der Waals surface area contributed by atoms with E-state index >= 15 is 0 Å². The van der Waals surface area contributed by atoms with Crippen molar-refractivity contribution < 1.29 is 4.79 Å². The highest BCUT2D eigenvalue weighted by Gasteiger charge is 2.42. The summed E-state index contributed by atoms with van der Waals surface area (Å²) in [6.07, 6.45) is 6.37. The summed E-state index contributed by atoms with van der Waals surface area (Å²) in [7, 11) is 0. The van der Waals surface area contributed by atoms with Gasteiger partial charge in [0.05, 0.1) is 5.92 Å². The molecule has 1 aliphatic heterocycles. The summed E-state index contributed by atoms with van der Waals surface area (Å²) in [5, 5.41) is 6.56. The molecular weight excluding hydrogens is 224 g/mol. The molecule has 4 heteroatoms. The molecule has 3 nitrogen and oxygen atoms in total. The van der Waals surface area contributed by atoms with Gasteiger partial charge in [-0.25, -0.2) is 0 Å². The molecule has 2 N–H and O–H groups in total. The summed E-state index contributed by atoms with van der Waals surface area (Å²) < 4.78 is 0. The Morgan fingerprint density at radius 1 is 1.12 bits per heavy atom. The third-order valence-electron chi connectivity index (χ3n) is 4.00. The molecule has 92 valence electrons. The average Bonchev–Trinajstić information content (AvgIpc) is 3.15. The van der Waals surface area contributed by atoms with Gasteiger partial charge in [-0.2, -0.15) is 0 Å². The zero-order valence-corrected chi connectivity index (χ0v) is 10.4. The molecule has 2 saturated carbocycles. The molecule has 1 heterocycles. The lowest BCUT2D eigenvalue weighted by Crippen LogP contribution is -2.42. The Morgan fingerprint density at radius 2 is 1.75 bits per heavy atom. The Balaban J connectivity index is 0.000000963. The molecule has 0 aromatic carbocycles. The van der Waals surface area contributed by atoms with Crippen LogP contribution >= 0.6 is 12.4 Å². The second-order valence-electron chi connectivity index (χ2n) is 5.40. The van der Waals surface area contributed by atoms with E-state index in [0.717, 1.165) is 31.3 Å². The summed E-state index contributed by atoms with van der Waals surface area (Å²) in [5.41, 5.74) is 0. The topological polar surface area (TPSA) is 41.1 Å². The minimum atomic E-state index is 0. The van der Waals surface area contributed by atoms with Gasteiger partial charge in [0.15, 0.2) is 0 Å². The van der Waals surface area contributed by atoms with Gasteiger partial charge in [0, 0.05) is 12.6 Å². The van der Waals surface area contributed by atoms with Crippen molar-refractivity contribution in [3.8, 4) is 0 Å². The van der Waals surface area contributed by atoms with Crippen LogP contribution in [0.1, 0.15) is 32.1 Å². The van der Waals surface area contributed by atoms with Crippen molar-refractivity contribution in [2.24, 2.45) is 17.8 Å². The lowest BCUT2D eigenvalue weighted by atomic mass is 10.0.